The zero-order chi connectivity index (χ0) is 14.4. The highest BCUT2D eigenvalue weighted by Gasteiger charge is 2.04. The second kappa shape index (κ2) is 7.05. The monoisotopic (exact) mass is 290 g/mol. The van der Waals surface area contributed by atoms with Gasteiger partial charge in [0.15, 0.2) is 0 Å². The van der Waals surface area contributed by atoms with Gasteiger partial charge < -0.3 is 4.74 Å². The molecule has 0 radical (unpaired) electrons. The maximum atomic E-state index is 11.4. The molecule has 0 aliphatic rings. The van der Waals surface area contributed by atoms with Crippen molar-refractivity contribution in [1.29, 1.82) is 0 Å². The second-order valence-corrected chi connectivity index (χ2v) is 4.73. The van der Waals surface area contributed by atoms with Crippen molar-refractivity contribution in [1.82, 2.24) is 5.43 Å². The van der Waals surface area contributed by atoms with Crippen molar-refractivity contribution in [2.75, 3.05) is 0 Å². The van der Waals surface area contributed by atoms with Crippen molar-refractivity contribution in [2.24, 2.45) is 5.84 Å². The van der Waals surface area contributed by atoms with Gasteiger partial charge in [0.2, 0.25) is 0 Å². The lowest BCUT2D eigenvalue weighted by Crippen LogP contribution is -2.29. The summed E-state index contributed by atoms with van der Waals surface area (Å²) < 4.78 is 5.61. The van der Waals surface area contributed by atoms with Gasteiger partial charge in [-0.1, -0.05) is 35.9 Å². The Kier molecular flexibility index (Phi) is 5.12. The number of carbonyl (C=O) groups excluding carboxylic acids is 1. The van der Waals surface area contributed by atoms with E-state index >= 15 is 0 Å². The van der Waals surface area contributed by atoms with Crippen LogP contribution in [0.2, 0.25) is 5.02 Å². The van der Waals surface area contributed by atoms with Crippen LogP contribution < -0.4 is 11.3 Å². The molecule has 1 amide bonds. The van der Waals surface area contributed by atoms with Crippen LogP contribution in [-0.2, 0) is 18.0 Å². The first-order chi connectivity index (χ1) is 9.69. The van der Waals surface area contributed by atoms with E-state index in [1.165, 1.54) is 0 Å². The molecule has 20 heavy (non-hydrogen) atoms. The van der Waals surface area contributed by atoms with Gasteiger partial charge in [-0.05, 0) is 35.4 Å². The number of hydrogen-bond donors (Lipinski definition) is 2. The fourth-order valence-corrected chi connectivity index (χ4v) is 1.88. The number of hydrogen-bond acceptors (Lipinski definition) is 3. The van der Waals surface area contributed by atoms with Gasteiger partial charge in [0.1, 0.15) is 0 Å². The molecule has 104 valence electrons. The number of ether oxygens (including phenoxy) is 1. The van der Waals surface area contributed by atoms with E-state index in [1.54, 1.807) is 18.2 Å². The molecule has 0 unspecified atom stereocenters. The van der Waals surface area contributed by atoms with Crippen LogP contribution in [0.5, 0.6) is 0 Å². The normalized spacial score (nSPS) is 10.3. The molecule has 0 aliphatic carbocycles. The number of halogens is 1. The maximum absolute atomic E-state index is 11.4. The van der Waals surface area contributed by atoms with Gasteiger partial charge in [0, 0.05) is 10.6 Å². The highest BCUT2D eigenvalue weighted by atomic mass is 35.5. The Bertz CT molecular complexity index is 585. The zero-order valence-corrected chi connectivity index (χ0v) is 11.6. The summed E-state index contributed by atoms with van der Waals surface area (Å²) in [6, 6.07) is 14.6. The molecule has 0 aromatic heterocycles. The third-order valence-electron chi connectivity index (χ3n) is 2.77. The first kappa shape index (κ1) is 14.5. The van der Waals surface area contributed by atoms with Gasteiger partial charge in [0.25, 0.3) is 5.91 Å². The van der Waals surface area contributed by atoms with E-state index in [-0.39, 0.29) is 5.91 Å². The summed E-state index contributed by atoms with van der Waals surface area (Å²) in [5.74, 6) is 4.79. The first-order valence-corrected chi connectivity index (χ1v) is 6.49. The van der Waals surface area contributed by atoms with Crippen LogP contribution in [0.15, 0.2) is 48.5 Å². The van der Waals surface area contributed by atoms with Crippen molar-refractivity contribution >= 4 is 17.5 Å². The molecule has 0 fully saturated rings. The number of nitrogen functional groups attached to an aromatic ring is 1. The van der Waals surface area contributed by atoms with Crippen molar-refractivity contribution in [3.05, 3.63) is 70.2 Å². The topological polar surface area (TPSA) is 64.3 Å². The van der Waals surface area contributed by atoms with Gasteiger partial charge in [-0.3, -0.25) is 10.2 Å². The van der Waals surface area contributed by atoms with E-state index in [1.807, 2.05) is 30.3 Å². The average molecular weight is 291 g/mol. The molecular weight excluding hydrogens is 276 g/mol. The number of amides is 1. The molecule has 0 spiro atoms. The molecule has 3 N–H and O–H groups in total. The second-order valence-electron chi connectivity index (χ2n) is 4.29. The fourth-order valence-electron chi connectivity index (χ4n) is 1.75. The average Bonchev–Trinajstić information content (AvgIpc) is 2.49. The van der Waals surface area contributed by atoms with Crippen molar-refractivity contribution in [3.63, 3.8) is 0 Å². The van der Waals surface area contributed by atoms with E-state index in [4.69, 9.17) is 22.2 Å². The highest BCUT2D eigenvalue weighted by Crippen LogP contribution is 2.12. The molecule has 0 aliphatic heterocycles. The van der Waals surface area contributed by atoms with Crippen LogP contribution in [0.1, 0.15) is 21.5 Å². The van der Waals surface area contributed by atoms with Crippen LogP contribution in [-0.4, -0.2) is 5.91 Å². The lowest BCUT2D eigenvalue weighted by atomic mass is 10.1. The number of carbonyl (C=O) groups is 1. The molecule has 0 atom stereocenters. The van der Waals surface area contributed by atoms with Crippen LogP contribution in [0.25, 0.3) is 0 Å². The van der Waals surface area contributed by atoms with E-state index < -0.39 is 0 Å². The quantitative estimate of drug-likeness (QED) is 0.505. The van der Waals surface area contributed by atoms with E-state index in [9.17, 15) is 4.79 Å². The molecular formula is C15H15ClN2O2. The van der Waals surface area contributed by atoms with E-state index in [2.05, 4.69) is 5.43 Å². The minimum atomic E-state index is -0.315. The Morgan fingerprint density at radius 1 is 1.10 bits per heavy atom. The molecule has 2 rings (SSSR count). The molecule has 0 bridgehead atoms. The molecule has 0 heterocycles. The summed E-state index contributed by atoms with van der Waals surface area (Å²) in [4.78, 5) is 11.4. The number of nitrogens with one attached hydrogen (secondary N) is 1. The molecule has 0 saturated carbocycles. The van der Waals surface area contributed by atoms with Gasteiger partial charge in [-0.15, -0.1) is 0 Å². The van der Waals surface area contributed by atoms with Crippen molar-refractivity contribution < 1.29 is 9.53 Å². The molecule has 2 aromatic carbocycles. The molecule has 4 nitrogen and oxygen atoms in total. The maximum Gasteiger partial charge on any atom is 0.265 e. The Morgan fingerprint density at radius 3 is 2.50 bits per heavy atom. The number of hydrazine groups is 1. The summed E-state index contributed by atoms with van der Waals surface area (Å²) in [7, 11) is 0. The zero-order valence-electron chi connectivity index (χ0n) is 10.8. The van der Waals surface area contributed by atoms with E-state index in [0.717, 1.165) is 11.1 Å². The Hall–Kier alpha value is -1.88. The fraction of sp³-hybridized carbons (Fsp3) is 0.133. The van der Waals surface area contributed by atoms with Crippen molar-refractivity contribution in [3.8, 4) is 0 Å². The summed E-state index contributed by atoms with van der Waals surface area (Å²) in [6.07, 6.45) is 0. The lowest BCUT2D eigenvalue weighted by Gasteiger charge is -2.06. The smallest absolute Gasteiger partial charge is 0.265 e. The standard InChI is InChI=1S/C15H15ClN2O2/c16-14-6-4-11(5-7-14)9-20-10-12-2-1-3-13(8-12)15(19)18-17/h1-8H,9-10,17H2,(H,18,19). The molecule has 2 aromatic rings. The number of nitrogens with two attached hydrogens (primary N) is 1. The van der Waals surface area contributed by atoms with Crippen molar-refractivity contribution in [2.45, 2.75) is 13.2 Å². The van der Waals surface area contributed by atoms with E-state index in [0.29, 0.717) is 23.8 Å². The minimum Gasteiger partial charge on any atom is -0.372 e. The summed E-state index contributed by atoms with van der Waals surface area (Å²) in [5.41, 5.74) is 4.58. The SMILES string of the molecule is NNC(=O)c1cccc(COCc2ccc(Cl)cc2)c1. The minimum absolute atomic E-state index is 0.315. The Labute approximate surface area is 122 Å². The van der Waals surface area contributed by atoms with Crippen LogP contribution in [0.4, 0.5) is 0 Å². The first-order valence-electron chi connectivity index (χ1n) is 6.11. The Balaban J connectivity index is 1.91. The van der Waals surface area contributed by atoms with Crippen LogP contribution in [0, 0.1) is 0 Å². The molecule has 0 saturated heterocycles. The van der Waals surface area contributed by atoms with Crippen LogP contribution in [0.3, 0.4) is 0 Å². The predicted octanol–water partition coefficient (Wildman–Crippen LogP) is 2.66. The highest BCUT2D eigenvalue weighted by molar-refractivity contribution is 6.30. The Morgan fingerprint density at radius 2 is 1.80 bits per heavy atom. The van der Waals surface area contributed by atoms with Gasteiger partial charge in [0.05, 0.1) is 13.2 Å². The third-order valence-corrected chi connectivity index (χ3v) is 3.02. The summed E-state index contributed by atoms with van der Waals surface area (Å²) >= 11 is 5.81. The number of benzene rings is 2. The molecule has 5 heteroatoms. The van der Waals surface area contributed by atoms with Gasteiger partial charge in [-0.2, -0.15) is 0 Å². The summed E-state index contributed by atoms with van der Waals surface area (Å²) in [6.45, 7) is 0.915. The van der Waals surface area contributed by atoms with Crippen LogP contribution >= 0.6 is 11.6 Å². The predicted molar refractivity (Wildman–Crippen MR) is 78.0 cm³/mol. The third kappa shape index (κ3) is 4.06. The number of rotatable bonds is 5. The van der Waals surface area contributed by atoms with Gasteiger partial charge >= 0.3 is 0 Å². The summed E-state index contributed by atoms with van der Waals surface area (Å²) in [5, 5.41) is 0.703. The lowest BCUT2D eigenvalue weighted by molar-refractivity contribution is 0.0951. The van der Waals surface area contributed by atoms with Gasteiger partial charge in [-0.25, -0.2) is 5.84 Å². The largest absolute Gasteiger partial charge is 0.372 e.